The van der Waals surface area contributed by atoms with Crippen molar-refractivity contribution < 1.29 is 28.6 Å². The summed E-state index contributed by atoms with van der Waals surface area (Å²) in [7, 11) is 0. The fourth-order valence-corrected chi connectivity index (χ4v) is 1.71. The topological polar surface area (TPSA) is 103 Å². The summed E-state index contributed by atoms with van der Waals surface area (Å²) in [6.07, 6.45) is -0.675. The van der Waals surface area contributed by atoms with E-state index in [1.807, 2.05) is 0 Å². The van der Waals surface area contributed by atoms with Crippen molar-refractivity contribution in [2.24, 2.45) is 0 Å². The molecule has 0 aliphatic carbocycles. The first-order valence-electron chi connectivity index (χ1n) is 7.57. The molecule has 0 saturated carbocycles. The first kappa shape index (κ1) is 21.5. The van der Waals surface area contributed by atoms with Gasteiger partial charge in [0.1, 0.15) is 12.6 Å². The van der Waals surface area contributed by atoms with E-state index in [4.69, 9.17) is 25.8 Å². The Labute approximate surface area is 141 Å². The molecule has 23 heavy (non-hydrogen) atoms. The van der Waals surface area contributed by atoms with E-state index in [1.165, 1.54) is 0 Å². The lowest BCUT2D eigenvalue weighted by Crippen LogP contribution is -2.43. The predicted octanol–water partition coefficient (Wildman–Crippen LogP) is 0.816. The number of hydrogen-bond acceptors (Lipinski definition) is 7. The second kappa shape index (κ2) is 14.1. The van der Waals surface area contributed by atoms with Gasteiger partial charge in [0.15, 0.2) is 0 Å². The average Bonchev–Trinajstić information content (AvgIpc) is 2.51. The molecule has 0 radical (unpaired) electrons. The summed E-state index contributed by atoms with van der Waals surface area (Å²) in [5.74, 6) is -0.596. The molecule has 1 atom stereocenters. The first-order chi connectivity index (χ1) is 11.0. The first-order valence-corrected chi connectivity index (χ1v) is 8.10. The molecule has 0 saturated heterocycles. The smallest absolute Gasteiger partial charge is 0.407 e. The zero-order chi connectivity index (χ0) is 17.5. The Balaban J connectivity index is 4.25. The molecule has 0 aromatic rings. The Morgan fingerprint density at radius 2 is 1.74 bits per heavy atom. The van der Waals surface area contributed by atoms with Gasteiger partial charge in [-0.3, -0.25) is 4.79 Å². The molecule has 0 aliphatic heterocycles. The van der Waals surface area contributed by atoms with Gasteiger partial charge in [0.05, 0.1) is 13.2 Å². The molecule has 1 unspecified atom stereocenters. The van der Waals surface area contributed by atoms with Crippen LogP contribution in [-0.2, 0) is 23.8 Å². The number of esters is 2. The van der Waals surface area contributed by atoms with Crippen LogP contribution >= 0.6 is 11.6 Å². The van der Waals surface area contributed by atoms with Gasteiger partial charge in [-0.1, -0.05) is 0 Å². The van der Waals surface area contributed by atoms with Gasteiger partial charge in [0.2, 0.25) is 0 Å². The van der Waals surface area contributed by atoms with Gasteiger partial charge < -0.3 is 24.8 Å². The number of alkyl carbamates (subject to hydrolysis) is 1. The van der Waals surface area contributed by atoms with Gasteiger partial charge in [0.25, 0.3) is 0 Å². The number of ether oxygens (including phenoxy) is 3. The fourth-order valence-electron chi connectivity index (χ4n) is 1.58. The summed E-state index contributed by atoms with van der Waals surface area (Å²) in [6.45, 7) is 4.97. The minimum Gasteiger partial charge on any atom is -0.466 e. The highest BCUT2D eigenvalue weighted by Gasteiger charge is 2.23. The molecule has 0 aromatic carbocycles. The number of amides is 1. The number of rotatable bonds is 12. The van der Waals surface area contributed by atoms with Gasteiger partial charge in [-0.15, -0.1) is 11.6 Å². The molecule has 0 rings (SSSR count). The van der Waals surface area contributed by atoms with Crippen LogP contribution in [0, 0.1) is 0 Å². The van der Waals surface area contributed by atoms with Crippen molar-refractivity contribution in [3.05, 3.63) is 0 Å². The quantitative estimate of drug-likeness (QED) is 0.232. The third kappa shape index (κ3) is 11.7. The van der Waals surface area contributed by atoms with E-state index in [0.717, 1.165) is 0 Å². The van der Waals surface area contributed by atoms with E-state index in [0.29, 0.717) is 19.0 Å². The number of carbonyl (C=O) groups is 3. The van der Waals surface area contributed by atoms with E-state index in [1.54, 1.807) is 13.8 Å². The fraction of sp³-hybridized carbons (Fsp3) is 0.786. The Kier molecular flexibility index (Phi) is 13.1. The second-order valence-corrected chi connectivity index (χ2v) is 4.75. The van der Waals surface area contributed by atoms with Crippen molar-refractivity contribution >= 4 is 29.6 Å². The molecule has 0 bridgehead atoms. The molecule has 0 aliphatic rings. The maximum absolute atomic E-state index is 11.8. The van der Waals surface area contributed by atoms with E-state index in [-0.39, 0.29) is 32.7 Å². The number of carbonyl (C=O) groups excluding carboxylic acids is 3. The lowest BCUT2D eigenvalue weighted by atomic mass is 10.1. The van der Waals surface area contributed by atoms with Crippen LogP contribution < -0.4 is 10.6 Å². The van der Waals surface area contributed by atoms with Crippen molar-refractivity contribution in [2.45, 2.75) is 32.7 Å². The van der Waals surface area contributed by atoms with Crippen molar-refractivity contribution in [1.82, 2.24) is 10.6 Å². The van der Waals surface area contributed by atoms with Gasteiger partial charge in [-0.25, -0.2) is 9.59 Å². The minimum atomic E-state index is -0.956. The van der Waals surface area contributed by atoms with Crippen molar-refractivity contribution in [3.63, 3.8) is 0 Å². The van der Waals surface area contributed by atoms with Crippen LogP contribution in [0.3, 0.4) is 0 Å². The Morgan fingerprint density at radius 3 is 2.35 bits per heavy atom. The van der Waals surface area contributed by atoms with Crippen molar-refractivity contribution in [2.75, 3.05) is 38.8 Å². The maximum atomic E-state index is 11.8. The predicted molar refractivity (Wildman–Crippen MR) is 84.4 cm³/mol. The van der Waals surface area contributed by atoms with Gasteiger partial charge in [-0.05, 0) is 20.3 Å². The third-order valence-electron chi connectivity index (χ3n) is 2.59. The summed E-state index contributed by atoms with van der Waals surface area (Å²) in [5, 5.41) is 5.34. The van der Waals surface area contributed by atoms with Gasteiger partial charge in [-0.2, -0.15) is 0 Å². The molecule has 0 fully saturated rings. The Bertz CT molecular complexity index is 367. The SMILES string of the molecule is CCOC(=O)CCC(NC(=O)OCCNCCCl)C(=O)OCC. The molecule has 2 N–H and O–H groups in total. The summed E-state index contributed by atoms with van der Waals surface area (Å²) in [6, 6.07) is -0.956. The third-order valence-corrected chi connectivity index (χ3v) is 2.78. The molecule has 0 spiro atoms. The number of alkyl halides is 1. The Hall–Kier alpha value is -1.54. The van der Waals surface area contributed by atoms with Crippen molar-refractivity contribution in [1.29, 1.82) is 0 Å². The van der Waals surface area contributed by atoms with Crippen LogP contribution in [0.4, 0.5) is 4.79 Å². The maximum Gasteiger partial charge on any atom is 0.407 e. The monoisotopic (exact) mass is 352 g/mol. The number of nitrogens with one attached hydrogen (secondary N) is 2. The lowest BCUT2D eigenvalue weighted by Gasteiger charge is -2.17. The summed E-state index contributed by atoms with van der Waals surface area (Å²) in [5.41, 5.74) is 0. The molecule has 0 aromatic heterocycles. The van der Waals surface area contributed by atoms with E-state index >= 15 is 0 Å². The molecule has 8 nitrogen and oxygen atoms in total. The number of hydrogen-bond donors (Lipinski definition) is 2. The highest BCUT2D eigenvalue weighted by atomic mass is 35.5. The summed E-state index contributed by atoms with van der Waals surface area (Å²) < 4.78 is 14.6. The highest BCUT2D eigenvalue weighted by molar-refractivity contribution is 6.18. The van der Waals surface area contributed by atoms with Gasteiger partial charge >= 0.3 is 18.0 Å². The molecule has 0 heterocycles. The second-order valence-electron chi connectivity index (χ2n) is 4.37. The van der Waals surface area contributed by atoms with Gasteiger partial charge in [0, 0.05) is 25.4 Å². The average molecular weight is 353 g/mol. The normalized spacial score (nSPS) is 11.4. The lowest BCUT2D eigenvalue weighted by molar-refractivity contribution is -0.147. The van der Waals surface area contributed by atoms with E-state index in [2.05, 4.69) is 10.6 Å². The zero-order valence-electron chi connectivity index (χ0n) is 13.6. The standard InChI is InChI=1S/C14H25ClN2O6/c1-3-21-12(18)6-5-11(13(19)22-4-2)17-14(20)23-10-9-16-8-7-15/h11,16H,3-10H2,1-2H3,(H,17,20). The highest BCUT2D eigenvalue weighted by Crippen LogP contribution is 2.03. The molecular weight excluding hydrogens is 328 g/mol. The molecule has 134 valence electrons. The van der Waals surface area contributed by atoms with Crippen LogP contribution in [0.15, 0.2) is 0 Å². The Morgan fingerprint density at radius 1 is 1.04 bits per heavy atom. The minimum absolute atomic E-state index is 0.00508. The van der Waals surface area contributed by atoms with E-state index in [9.17, 15) is 14.4 Å². The van der Waals surface area contributed by atoms with Crippen LogP contribution in [0.25, 0.3) is 0 Å². The molecule has 9 heteroatoms. The van der Waals surface area contributed by atoms with Crippen LogP contribution in [0.2, 0.25) is 0 Å². The summed E-state index contributed by atoms with van der Waals surface area (Å²) >= 11 is 5.49. The largest absolute Gasteiger partial charge is 0.466 e. The summed E-state index contributed by atoms with van der Waals surface area (Å²) in [4.78, 5) is 34.8. The van der Waals surface area contributed by atoms with Crippen LogP contribution in [0.5, 0.6) is 0 Å². The van der Waals surface area contributed by atoms with Crippen molar-refractivity contribution in [3.8, 4) is 0 Å². The molecular formula is C14H25ClN2O6. The molecule has 1 amide bonds. The van der Waals surface area contributed by atoms with Crippen LogP contribution in [0.1, 0.15) is 26.7 Å². The number of halogens is 1. The van der Waals surface area contributed by atoms with Crippen LogP contribution in [-0.4, -0.2) is 62.9 Å². The zero-order valence-corrected chi connectivity index (χ0v) is 14.3. The van der Waals surface area contributed by atoms with E-state index < -0.39 is 24.1 Å².